The van der Waals surface area contributed by atoms with E-state index < -0.39 is 0 Å². The molecule has 1 aliphatic rings. The van der Waals surface area contributed by atoms with Gasteiger partial charge in [-0.1, -0.05) is 26.3 Å². The summed E-state index contributed by atoms with van der Waals surface area (Å²) in [5.41, 5.74) is 1.04. The predicted molar refractivity (Wildman–Crippen MR) is 126 cm³/mol. The summed E-state index contributed by atoms with van der Waals surface area (Å²) < 4.78 is 16.2. The molecule has 1 heterocycles. The number of hydrogen-bond acceptors (Lipinski definition) is 5. The van der Waals surface area contributed by atoms with E-state index in [0.717, 1.165) is 30.6 Å². The SMILES string of the molecule is COc1ccc(CCN(Cc2ccco2)C(=O)CN(CC(C)C)C(=O)C2CCC2)cc1OC. The Kier molecular flexibility index (Phi) is 8.80. The highest BCUT2D eigenvalue weighted by Gasteiger charge is 2.31. The Labute approximate surface area is 196 Å². The van der Waals surface area contributed by atoms with Crippen LogP contribution in [0.2, 0.25) is 0 Å². The number of rotatable bonds is 12. The molecule has 1 fully saturated rings. The first-order valence-corrected chi connectivity index (χ1v) is 11.7. The van der Waals surface area contributed by atoms with E-state index >= 15 is 0 Å². The first-order valence-electron chi connectivity index (χ1n) is 11.7. The first kappa shape index (κ1) is 24.7. The van der Waals surface area contributed by atoms with Crippen LogP contribution in [-0.2, 0) is 22.6 Å². The van der Waals surface area contributed by atoms with Gasteiger partial charge in [0.2, 0.25) is 11.8 Å². The molecule has 1 aromatic heterocycles. The highest BCUT2D eigenvalue weighted by molar-refractivity contribution is 5.86. The van der Waals surface area contributed by atoms with E-state index in [9.17, 15) is 9.59 Å². The van der Waals surface area contributed by atoms with Gasteiger partial charge in [-0.05, 0) is 55.0 Å². The summed E-state index contributed by atoms with van der Waals surface area (Å²) >= 11 is 0. The van der Waals surface area contributed by atoms with Gasteiger partial charge in [0.05, 0.1) is 33.6 Å². The molecule has 0 aliphatic heterocycles. The maximum Gasteiger partial charge on any atom is 0.242 e. The van der Waals surface area contributed by atoms with Crippen molar-refractivity contribution in [2.24, 2.45) is 11.8 Å². The molecule has 0 atom stereocenters. The van der Waals surface area contributed by atoms with Crippen molar-refractivity contribution in [2.75, 3.05) is 33.9 Å². The zero-order chi connectivity index (χ0) is 23.8. The van der Waals surface area contributed by atoms with E-state index in [1.807, 2.05) is 30.3 Å². The van der Waals surface area contributed by atoms with Gasteiger partial charge in [-0.15, -0.1) is 0 Å². The number of methoxy groups -OCH3 is 2. The maximum absolute atomic E-state index is 13.4. The molecule has 1 aromatic carbocycles. The number of carbonyl (C=O) groups excluding carboxylic acids is 2. The highest BCUT2D eigenvalue weighted by atomic mass is 16.5. The zero-order valence-electron chi connectivity index (χ0n) is 20.2. The van der Waals surface area contributed by atoms with Crippen molar-refractivity contribution in [3.05, 3.63) is 47.9 Å². The second-order valence-corrected chi connectivity index (χ2v) is 9.07. The smallest absolute Gasteiger partial charge is 0.242 e. The fraction of sp³-hybridized carbons (Fsp3) is 0.538. The second kappa shape index (κ2) is 11.8. The fourth-order valence-electron chi connectivity index (χ4n) is 4.03. The lowest BCUT2D eigenvalue weighted by Gasteiger charge is -2.33. The van der Waals surface area contributed by atoms with Crippen molar-refractivity contribution in [2.45, 2.75) is 46.1 Å². The zero-order valence-corrected chi connectivity index (χ0v) is 20.2. The van der Waals surface area contributed by atoms with E-state index in [1.54, 1.807) is 30.3 Å². The lowest BCUT2D eigenvalue weighted by molar-refractivity contribution is -0.145. The van der Waals surface area contributed by atoms with Crippen LogP contribution in [0.4, 0.5) is 0 Å². The Morgan fingerprint density at radius 2 is 1.85 bits per heavy atom. The third-order valence-electron chi connectivity index (χ3n) is 6.08. The molecule has 180 valence electrons. The number of hydrogen-bond donors (Lipinski definition) is 0. The molecule has 1 saturated carbocycles. The standard InChI is InChI=1S/C26H36N2O5/c1-19(2)16-28(26(30)21-7-5-8-21)18-25(29)27(17-22-9-6-14-33-22)13-12-20-10-11-23(31-3)24(15-20)32-4/h6,9-11,14-15,19,21H,5,7-8,12-13,16-18H2,1-4H3. The van der Waals surface area contributed by atoms with Gasteiger partial charge in [0.25, 0.3) is 0 Å². The van der Waals surface area contributed by atoms with Crippen LogP contribution in [0, 0.1) is 11.8 Å². The molecule has 2 amide bonds. The summed E-state index contributed by atoms with van der Waals surface area (Å²) in [7, 11) is 3.21. The maximum atomic E-state index is 13.4. The van der Waals surface area contributed by atoms with Crippen LogP contribution in [0.3, 0.4) is 0 Å². The molecule has 0 N–H and O–H groups in total. The van der Waals surface area contributed by atoms with Gasteiger partial charge in [0.15, 0.2) is 11.5 Å². The van der Waals surface area contributed by atoms with Crippen LogP contribution in [0.25, 0.3) is 0 Å². The average Bonchev–Trinajstić information content (AvgIpc) is 3.27. The van der Waals surface area contributed by atoms with Crippen LogP contribution in [0.1, 0.15) is 44.4 Å². The van der Waals surface area contributed by atoms with Crippen LogP contribution in [0.5, 0.6) is 11.5 Å². The largest absolute Gasteiger partial charge is 0.493 e. The third kappa shape index (κ3) is 6.76. The van der Waals surface area contributed by atoms with Gasteiger partial charge < -0.3 is 23.7 Å². The molecule has 33 heavy (non-hydrogen) atoms. The molecule has 0 bridgehead atoms. The minimum absolute atomic E-state index is 0.0693. The molecule has 0 saturated heterocycles. The fourth-order valence-corrected chi connectivity index (χ4v) is 4.03. The molecule has 0 radical (unpaired) electrons. The van der Waals surface area contributed by atoms with Crippen molar-refractivity contribution >= 4 is 11.8 Å². The molecular formula is C26H36N2O5. The van der Waals surface area contributed by atoms with Crippen molar-refractivity contribution in [1.82, 2.24) is 9.80 Å². The molecule has 3 rings (SSSR count). The van der Waals surface area contributed by atoms with Gasteiger partial charge in [0.1, 0.15) is 5.76 Å². The number of furan rings is 1. The molecule has 0 unspecified atom stereocenters. The number of carbonyl (C=O) groups is 2. The average molecular weight is 457 g/mol. The Balaban J connectivity index is 1.71. The van der Waals surface area contributed by atoms with Gasteiger partial charge in [-0.3, -0.25) is 9.59 Å². The van der Waals surface area contributed by atoms with Crippen LogP contribution < -0.4 is 9.47 Å². The van der Waals surface area contributed by atoms with Crippen LogP contribution in [0.15, 0.2) is 41.0 Å². The molecule has 7 heteroatoms. The van der Waals surface area contributed by atoms with Crippen LogP contribution in [-0.4, -0.2) is 55.5 Å². The van der Waals surface area contributed by atoms with Gasteiger partial charge >= 0.3 is 0 Å². The number of ether oxygens (including phenoxy) is 2. The second-order valence-electron chi connectivity index (χ2n) is 9.07. The van der Waals surface area contributed by atoms with Gasteiger partial charge in [-0.25, -0.2) is 0 Å². The van der Waals surface area contributed by atoms with Crippen molar-refractivity contribution in [3.8, 4) is 11.5 Å². The Hall–Kier alpha value is -2.96. The summed E-state index contributed by atoms with van der Waals surface area (Å²) in [5, 5.41) is 0. The first-order chi connectivity index (χ1) is 15.9. The van der Waals surface area contributed by atoms with E-state index in [2.05, 4.69) is 13.8 Å². The highest BCUT2D eigenvalue weighted by Crippen LogP contribution is 2.29. The monoisotopic (exact) mass is 456 g/mol. The molecule has 1 aliphatic carbocycles. The molecule has 2 aromatic rings. The molecular weight excluding hydrogens is 420 g/mol. The van der Waals surface area contributed by atoms with E-state index in [4.69, 9.17) is 13.9 Å². The van der Waals surface area contributed by atoms with E-state index in [1.165, 1.54) is 0 Å². The quantitative estimate of drug-likeness (QED) is 0.480. The lowest BCUT2D eigenvalue weighted by atomic mass is 9.84. The Bertz CT molecular complexity index is 905. The summed E-state index contributed by atoms with van der Waals surface area (Å²) in [4.78, 5) is 29.9. The van der Waals surface area contributed by atoms with Crippen LogP contribution >= 0.6 is 0 Å². The third-order valence-corrected chi connectivity index (χ3v) is 6.08. The normalized spacial score (nSPS) is 13.5. The molecule has 7 nitrogen and oxygen atoms in total. The van der Waals surface area contributed by atoms with E-state index in [0.29, 0.717) is 43.5 Å². The van der Waals surface area contributed by atoms with Crippen molar-refractivity contribution in [1.29, 1.82) is 0 Å². The number of amides is 2. The predicted octanol–water partition coefficient (Wildman–Crippen LogP) is 4.15. The minimum Gasteiger partial charge on any atom is -0.493 e. The van der Waals surface area contributed by atoms with Gasteiger partial charge in [0, 0.05) is 19.0 Å². The molecule has 0 spiro atoms. The lowest BCUT2D eigenvalue weighted by Crippen LogP contribution is -2.47. The van der Waals surface area contributed by atoms with Gasteiger partial charge in [-0.2, -0.15) is 0 Å². The van der Waals surface area contributed by atoms with Crippen molar-refractivity contribution in [3.63, 3.8) is 0 Å². The number of benzene rings is 1. The number of nitrogens with zero attached hydrogens (tertiary/aromatic N) is 2. The van der Waals surface area contributed by atoms with Crippen molar-refractivity contribution < 1.29 is 23.5 Å². The summed E-state index contributed by atoms with van der Waals surface area (Å²) in [6.45, 7) is 5.70. The summed E-state index contributed by atoms with van der Waals surface area (Å²) in [6.07, 6.45) is 5.20. The Morgan fingerprint density at radius 1 is 1.09 bits per heavy atom. The summed E-state index contributed by atoms with van der Waals surface area (Å²) in [6, 6.07) is 9.45. The Morgan fingerprint density at radius 3 is 2.42 bits per heavy atom. The van der Waals surface area contributed by atoms with E-state index in [-0.39, 0.29) is 24.3 Å². The topological polar surface area (TPSA) is 72.2 Å². The summed E-state index contributed by atoms with van der Waals surface area (Å²) in [5.74, 6) is 2.46. The minimum atomic E-state index is -0.0693.